The molecule has 0 aliphatic heterocycles. The Hall–Kier alpha value is -0.480. The van der Waals surface area contributed by atoms with Crippen LogP contribution in [0.4, 0.5) is 0 Å². The Morgan fingerprint density at radius 2 is 1.75 bits per heavy atom. The molecule has 0 aromatic carbocycles. The van der Waals surface area contributed by atoms with Crippen LogP contribution >= 0.6 is 23.4 Å². The summed E-state index contributed by atoms with van der Waals surface area (Å²) in [5.41, 5.74) is -0.122. The van der Waals surface area contributed by atoms with Crippen LogP contribution < -0.4 is 5.56 Å². The van der Waals surface area contributed by atoms with Gasteiger partial charge in [0.1, 0.15) is 5.02 Å². The minimum Gasteiger partial charge on any atom is -0.266 e. The van der Waals surface area contributed by atoms with Gasteiger partial charge in [0.2, 0.25) is 0 Å². The standard InChI is InChI=1S/C19H31ClN2OS/c1-18(2,3)14-9-7-13(8-10-14)12-24-15-11-21-22(19(4,5)6)17(23)16(15)20/h11,13-14H,7-10,12H2,1-6H3. The van der Waals surface area contributed by atoms with Gasteiger partial charge in [-0.25, -0.2) is 4.68 Å². The molecule has 0 radical (unpaired) electrons. The molecule has 1 saturated carbocycles. The van der Waals surface area contributed by atoms with Crippen LogP contribution in [0.1, 0.15) is 67.2 Å². The van der Waals surface area contributed by atoms with Gasteiger partial charge in [-0.1, -0.05) is 32.4 Å². The molecule has 5 heteroatoms. The molecule has 0 atom stereocenters. The van der Waals surface area contributed by atoms with E-state index < -0.39 is 0 Å². The van der Waals surface area contributed by atoms with Crippen molar-refractivity contribution in [2.75, 3.05) is 5.75 Å². The van der Waals surface area contributed by atoms with Crippen LogP contribution in [-0.4, -0.2) is 15.5 Å². The molecule has 0 spiro atoms. The third-order valence-corrected chi connectivity index (χ3v) is 6.80. The van der Waals surface area contributed by atoms with Gasteiger partial charge in [0.15, 0.2) is 0 Å². The topological polar surface area (TPSA) is 34.9 Å². The fraction of sp³-hybridized carbons (Fsp3) is 0.789. The zero-order valence-corrected chi connectivity index (χ0v) is 17.4. The lowest BCUT2D eigenvalue weighted by molar-refractivity contribution is 0.157. The van der Waals surface area contributed by atoms with Crippen molar-refractivity contribution in [3.8, 4) is 0 Å². The molecule has 1 aliphatic carbocycles. The van der Waals surface area contributed by atoms with Gasteiger partial charge >= 0.3 is 0 Å². The second kappa shape index (κ2) is 7.41. The summed E-state index contributed by atoms with van der Waals surface area (Å²) in [6, 6.07) is 0. The maximum absolute atomic E-state index is 12.4. The average Bonchev–Trinajstić information content (AvgIpc) is 2.47. The van der Waals surface area contributed by atoms with E-state index in [2.05, 4.69) is 25.9 Å². The molecule has 1 aliphatic rings. The highest BCUT2D eigenvalue weighted by Crippen LogP contribution is 2.41. The van der Waals surface area contributed by atoms with Crippen molar-refractivity contribution in [2.45, 2.75) is 77.7 Å². The van der Waals surface area contributed by atoms with E-state index in [9.17, 15) is 4.79 Å². The molecular weight excluding hydrogens is 340 g/mol. The Morgan fingerprint density at radius 1 is 1.17 bits per heavy atom. The van der Waals surface area contributed by atoms with E-state index in [1.807, 2.05) is 20.8 Å². The summed E-state index contributed by atoms with van der Waals surface area (Å²) in [4.78, 5) is 13.2. The molecule has 24 heavy (non-hydrogen) atoms. The fourth-order valence-corrected chi connectivity index (χ4v) is 4.78. The SMILES string of the molecule is CC(C)(C)C1CCC(CSc2cnn(C(C)(C)C)c(=O)c2Cl)CC1. The highest BCUT2D eigenvalue weighted by molar-refractivity contribution is 7.99. The van der Waals surface area contributed by atoms with Crippen molar-refractivity contribution >= 4 is 23.4 Å². The maximum Gasteiger partial charge on any atom is 0.287 e. The number of hydrogen-bond acceptors (Lipinski definition) is 3. The second-order valence-electron chi connectivity index (χ2n) is 9.11. The van der Waals surface area contributed by atoms with Crippen molar-refractivity contribution in [3.63, 3.8) is 0 Å². The van der Waals surface area contributed by atoms with Gasteiger partial charge in [-0.05, 0) is 63.7 Å². The van der Waals surface area contributed by atoms with Crippen molar-refractivity contribution in [1.29, 1.82) is 0 Å². The van der Waals surface area contributed by atoms with Crippen LogP contribution in [0, 0.1) is 17.3 Å². The molecule has 1 aromatic heterocycles. The van der Waals surface area contributed by atoms with Gasteiger partial charge in [-0.2, -0.15) is 5.10 Å². The van der Waals surface area contributed by atoms with E-state index in [0.29, 0.717) is 10.4 Å². The molecule has 0 amide bonds. The molecule has 0 bridgehead atoms. The van der Waals surface area contributed by atoms with Crippen molar-refractivity contribution in [2.24, 2.45) is 17.3 Å². The van der Waals surface area contributed by atoms with E-state index in [-0.39, 0.29) is 11.1 Å². The number of halogens is 1. The summed E-state index contributed by atoms with van der Waals surface area (Å²) in [6.07, 6.45) is 6.93. The third kappa shape index (κ3) is 4.78. The van der Waals surface area contributed by atoms with E-state index in [1.54, 1.807) is 18.0 Å². The minimum atomic E-state index is -0.352. The van der Waals surface area contributed by atoms with Crippen molar-refractivity contribution < 1.29 is 0 Å². The van der Waals surface area contributed by atoms with Crippen LogP contribution in [0.5, 0.6) is 0 Å². The molecule has 136 valence electrons. The number of thioether (sulfide) groups is 1. The van der Waals surface area contributed by atoms with Crippen molar-refractivity contribution in [1.82, 2.24) is 9.78 Å². The van der Waals surface area contributed by atoms with E-state index in [4.69, 9.17) is 11.6 Å². The van der Waals surface area contributed by atoms with Crippen LogP contribution in [0.3, 0.4) is 0 Å². The van der Waals surface area contributed by atoms with Crippen LogP contribution in [0.25, 0.3) is 0 Å². The van der Waals surface area contributed by atoms with Crippen molar-refractivity contribution in [3.05, 3.63) is 21.6 Å². The summed E-state index contributed by atoms with van der Waals surface area (Å²) >= 11 is 8.00. The Morgan fingerprint density at radius 3 is 2.25 bits per heavy atom. The lowest BCUT2D eigenvalue weighted by Gasteiger charge is -2.36. The predicted octanol–water partition coefficient (Wildman–Crippen LogP) is 5.60. The zero-order chi connectivity index (χ0) is 18.1. The quantitative estimate of drug-likeness (QED) is 0.650. The van der Waals surface area contributed by atoms with E-state index in [1.165, 1.54) is 30.4 Å². The second-order valence-corrected chi connectivity index (χ2v) is 10.5. The smallest absolute Gasteiger partial charge is 0.266 e. The lowest BCUT2D eigenvalue weighted by Crippen LogP contribution is -2.36. The Bertz CT molecular complexity index is 620. The molecule has 3 nitrogen and oxygen atoms in total. The summed E-state index contributed by atoms with van der Waals surface area (Å²) in [5.74, 6) is 2.58. The van der Waals surface area contributed by atoms with Crippen LogP contribution in [0.15, 0.2) is 15.9 Å². The highest BCUT2D eigenvalue weighted by atomic mass is 35.5. The van der Waals surface area contributed by atoms with E-state index >= 15 is 0 Å². The molecule has 0 saturated heterocycles. The maximum atomic E-state index is 12.4. The third-order valence-electron chi connectivity index (χ3n) is 5.07. The average molecular weight is 371 g/mol. The first-order valence-corrected chi connectivity index (χ1v) is 10.3. The summed E-state index contributed by atoms with van der Waals surface area (Å²) in [5, 5.41) is 4.63. The normalized spacial score (nSPS) is 22.6. The largest absolute Gasteiger partial charge is 0.287 e. The molecule has 1 heterocycles. The summed E-state index contributed by atoms with van der Waals surface area (Å²) in [7, 11) is 0. The number of hydrogen-bond donors (Lipinski definition) is 0. The first kappa shape index (κ1) is 19.8. The first-order valence-electron chi connectivity index (χ1n) is 8.91. The van der Waals surface area contributed by atoms with Gasteiger partial charge in [0.05, 0.1) is 16.6 Å². The monoisotopic (exact) mass is 370 g/mol. The summed E-state index contributed by atoms with van der Waals surface area (Å²) < 4.78 is 1.47. The van der Waals surface area contributed by atoms with Crippen LogP contribution in [0.2, 0.25) is 5.02 Å². The van der Waals surface area contributed by atoms with E-state index in [0.717, 1.165) is 22.5 Å². The predicted molar refractivity (Wildman–Crippen MR) is 104 cm³/mol. The fourth-order valence-electron chi connectivity index (χ4n) is 3.40. The molecule has 2 rings (SSSR count). The first-order chi connectivity index (χ1) is 11.0. The Labute approximate surface area is 155 Å². The van der Waals surface area contributed by atoms with Gasteiger partial charge in [-0.3, -0.25) is 4.79 Å². The molecule has 0 unspecified atom stereocenters. The minimum absolute atomic E-state index is 0.189. The number of nitrogens with zero attached hydrogens (tertiary/aromatic N) is 2. The van der Waals surface area contributed by atoms with Gasteiger partial charge in [0.25, 0.3) is 5.56 Å². The number of rotatable bonds is 3. The van der Waals surface area contributed by atoms with Gasteiger partial charge in [0, 0.05) is 5.75 Å². The van der Waals surface area contributed by atoms with Gasteiger partial charge in [-0.15, -0.1) is 11.8 Å². The molecule has 0 N–H and O–H groups in total. The zero-order valence-electron chi connectivity index (χ0n) is 15.9. The highest BCUT2D eigenvalue weighted by Gasteiger charge is 2.29. The molecule has 1 fully saturated rings. The van der Waals surface area contributed by atoms with Gasteiger partial charge < -0.3 is 0 Å². The van der Waals surface area contributed by atoms with Crippen LogP contribution in [-0.2, 0) is 5.54 Å². The number of aromatic nitrogens is 2. The Kier molecular flexibility index (Phi) is 6.12. The molecule has 1 aromatic rings. The molecular formula is C19H31ClN2OS. The Balaban J connectivity index is 1.97. The summed E-state index contributed by atoms with van der Waals surface area (Å²) in [6.45, 7) is 12.9. The lowest BCUT2D eigenvalue weighted by atomic mass is 9.70.